The van der Waals surface area contributed by atoms with Crippen LogP contribution in [0.3, 0.4) is 0 Å². The van der Waals surface area contributed by atoms with E-state index in [1.165, 1.54) is 29.5 Å². The Morgan fingerprint density at radius 2 is 2.19 bits per heavy atom. The minimum atomic E-state index is -3.99. The Bertz CT molecular complexity index is 744. The third-order valence-corrected chi connectivity index (χ3v) is 4.74. The van der Waals surface area contributed by atoms with Crippen LogP contribution < -0.4 is 10.0 Å². The Hall–Kier alpha value is -2.04. The highest BCUT2D eigenvalue weighted by atomic mass is 32.2. The molecule has 2 N–H and O–H groups in total. The van der Waals surface area contributed by atoms with E-state index < -0.39 is 20.6 Å². The zero-order valence-electron chi connectivity index (χ0n) is 10.9. The van der Waals surface area contributed by atoms with Gasteiger partial charge in [0, 0.05) is 24.2 Å². The van der Waals surface area contributed by atoms with Gasteiger partial charge in [-0.3, -0.25) is 10.1 Å². The SMILES string of the molecule is CNc1ccc(S(=O)(=O)NCc2cscn2)c([N+](=O)[O-])c1. The fourth-order valence-corrected chi connectivity index (χ4v) is 3.32. The molecule has 0 saturated heterocycles. The molecular weight excluding hydrogens is 316 g/mol. The molecule has 0 spiro atoms. The summed E-state index contributed by atoms with van der Waals surface area (Å²) >= 11 is 1.34. The number of nitro benzene ring substituents is 1. The van der Waals surface area contributed by atoms with E-state index in [2.05, 4.69) is 15.0 Å². The highest BCUT2D eigenvalue weighted by Crippen LogP contribution is 2.27. The second-order valence-electron chi connectivity index (χ2n) is 3.99. The van der Waals surface area contributed by atoms with Crippen molar-refractivity contribution in [1.82, 2.24) is 9.71 Å². The van der Waals surface area contributed by atoms with Crippen molar-refractivity contribution in [3.8, 4) is 0 Å². The zero-order chi connectivity index (χ0) is 15.5. The molecule has 0 unspecified atom stereocenters. The number of thiazole rings is 1. The average molecular weight is 328 g/mol. The Labute approximate surface area is 125 Å². The lowest BCUT2D eigenvalue weighted by Crippen LogP contribution is -2.24. The summed E-state index contributed by atoms with van der Waals surface area (Å²) in [5, 5.41) is 15.5. The summed E-state index contributed by atoms with van der Waals surface area (Å²) in [4.78, 5) is 13.9. The number of benzene rings is 1. The summed E-state index contributed by atoms with van der Waals surface area (Å²) < 4.78 is 26.7. The van der Waals surface area contributed by atoms with E-state index in [-0.39, 0.29) is 11.4 Å². The van der Waals surface area contributed by atoms with Crippen LogP contribution in [0.15, 0.2) is 34.0 Å². The molecule has 1 aromatic carbocycles. The van der Waals surface area contributed by atoms with Gasteiger partial charge in [-0.15, -0.1) is 11.3 Å². The van der Waals surface area contributed by atoms with Gasteiger partial charge in [0.2, 0.25) is 10.0 Å². The Kier molecular flexibility index (Phi) is 4.50. The topological polar surface area (TPSA) is 114 Å². The van der Waals surface area contributed by atoms with Crippen LogP contribution in [0.5, 0.6) is 0 Å². The van der Waals surface area contributed by atoms with Gasteiger partial charge in [-0.2, -0.15) is 0 Å². The van der Waals surface area contributed by atoms with Crippen molar-refractivity contribution in [2.75, 3.05) is 12.4 Å². The average Bonchev–Trinajstić information content (AvgIpc) is 2.98. The van der Waals surface area contributed by atoms with Gasteiger partial charge < -0.3 is 5.32 Å². The van der Waals surface area contributed by atoms with Crippen molar-refractivity contribution in [2.45, 2.75) is 11.4 Å². The van der Waals surface area contributed by atoms with Crippen LogP contribution in [-0.4, -0.2) is 25.4 Å². The summed E-state index contributed by atoms with van der Waals surface area (Å²) in [6.45, 7) is -0.0171. The van der Waals surface area contributed by atoms with Gasteiger partial charge >= 0.3 is 0 Å². The summed E-state index contributed by atoms with van der Waals surface area (Å²) in [6.07, 6.45) is 0. The highest BCUT2D eigenvalue weighted by molar-refractivity contribution is 7.89. The van der Waals surface area contributed by atoms with Crippen molar-refractivity contribution in [3.05, 3.63) is 44.9 Å². The fourth-order valence-electron chi connectivity index (χ4n) is 1.61. The number of sulfonamides is 1. The van der Waals surface area contributed by atoms with E-state index in [4.69, 9.17) is 0 Å². The summed E-state index contributed by atoms with van der Waals surface area (Å²) in [6, 6.07) is 3.84. The molecular formula is C11H12N4O4S2. The van der Waals surface area contributed by atoms with Crippen molar-refractivity contribution < 1.29 is 13.3 Å². The number of nitrogens with one attached hydrogen (secondary N) is 2. The smallest absolute Gasteiger partial charge is 0.291 e. The first-order valence-corrected chi connectivity index (χ1v) is 8.19. The minimum absolute atomic E-state index is 0.0171. The first kappa shape index (κ1) is 15.4. The predicted octanol–water partition coefficient (Wildman–Crippen LogP) is 1.57. The van der Waals surface area contributed by atoms with Crippen molar-refractivity contribution >= 4 is 32.7 Å². The van der Waals surface area contributed by atoms with E-state index in [0.29, 0.717) is 11.4 Å². The standard InChI is InChI=1S/C11H12N4O4S2/c1-12-8-2-3-11(10(4-8)15(16)17)21(18,19)14-5-9-6-20-7-13-9/h2-4,6-7,12,14H,5H2,1H3. The van der Waals surface area contributed by atoms with Gasteiger partial charge in [-0.25, -0.2) is 18.1 Å². The second-order valence-corrected chi connectivity index (χ2v) is 6.45. The van der Waals surface area contributed by atoms with Gasteiger partial charge in [-0.1, -0.05) is 0 Å². The van der Waals surface area contributed by atoms with E-state index >= 15 is 0 Å². The summed E-state index contributed by atoms with van der Waals surface area (Å²) in [5.41, 5.74) is 2.11. The van der Waals surface area contributed by atoms with Crippen LogP contribution >= 0.6 is 11.3 Å². The van der Waals surface area contributed by atoms with Crippen LogP contribution in [-0.2, 0) is 16.6 Å². The Balaban J connectivity index is 2.32. The molecule has 1 aromatic heterocycles. The quantitative estimate of drug-likeness (QED) is 0.614. The fraction of sp³-hybridized carbons (Fsp3) is 0.182. The molecule has 0 aliphatic carbocycles. The molecule has 10 heteroatoms. The minimum Gasteiger partial charge on any atom is -0.388 e. The van der Waals surface area contributed by atoms with Crippen LogP contribution in [0.4, 0.5) is 11.4 Å². The maximum atomic E-state index is 12.2. The molecule has 2 rings (SSSR count). The van der Waals surface area contributed by atoms with Gasteiger partial charge in [0.05, 0.1) is 22.7 Å². The summed E-state index contributed by atoms with van der Waals surface area (Å²) in [5.74, 6) is 0. The van der Waals surface area contributed by atoms with Crippen molar-refractivity contribution in [3.63, 3.8) is 0 Å². The molecule has 0 radical (unpaired) electrons. The molecule has 21 heavy (non-hydrogen) atoms. The molecule has 0 saturated carbocycles. The third-order valence-electron chi connectivity index (χ3n) is 2.66. The third kappa shape index (κ3) is 3.54. The largest absolute Gasteiger partial charge is 0.388 e. The second kappa shape index (κ2) is 6.16. The number of nitrogens with zero attached hydrogens (tertiary/aromatic N) is 2. The molecule has 1 heterocycles. The lowest BCUT2D eigenvalue weighted by atomic mass is 10.3. The molecule has 8 nitrogen and oxygen atoms in total. The maximum Gasteiger partial charge on any atom is 0.291 e. The zero-order valence-corrected chi connectivity index (χ0v) is 12.6. The number of hydrogen-bond donors (Lipinski definition) is 2. The van der Waals surface area contributed by atoms with Gasteiger partial charge in [0.15, 0.2) is 4.90 Å². The normalized spacial score (nSPS) is 11.3. The van der Waals surface area contributed by atoms with Crippen molar-refractivity contribution in [2.24, 2.45) is 0 Å². The maximum absolute atomic E-state index is 12.2. The first-order chi connectivity index (χ1) is 9.94. The van der Waals surface area contributed by atoms with Crippen LogP contribution in [0, 0.1) is 10.1 Å². The van der Waals surface area contributed by atoms with Crippen LogP contribution in [0.25, 0.3) is 0 Å². The van der Waals surface area contributed by atoms with Crippen molar-refractivity contribution in [1.29, 1.82) is 0 Å². The Morgan fingerprint density at radius 3 is 2.76 bits per heavy atom. The lowest BCUT2D eigenvalue weighted by Gasteiger charge is -2.07. The molecule has 0 atom stereocenters. The molecule has 0 fully saturated rings. The highest BCUT2D eigenvalue weighted by Gasteiger charge is 2.26. The molecule has 0 aliphatic rings. The summed E-state index contributed by atoms with van der Waals surface area (Å²) in [7, 11) is -2.40. The predicted molar refractivity (Wildman–Crippen MR) is 78.8 cm³/mol. The monoisotopic (exact) mass is 328 g/mol. The van der Waals surface area contributed by atoms with E-state index in [1.54, 1.807) is 17.9 Å². The number of rotatable bonds is 6. The molecule has 0 bridgehead atoms. The van der Waals surface area contributed by atoms with Crippen LogP contribution in [0.2, 0.25) is 0 Å². The molecule has 112 valence electrons. The van der Waals surface area contributed by atoms with E-state index in [1.807, 2.05) is 0 Å². The van der Waals surface area contributed by atoms with Gasteiger partial charge in [-0.05, 0) is 12.1 Å². The van der Waals surface area contributed by atoms with Gasteiger partial charge in [0.25, 0.3) is 5.69 Å². The van der Waals surface area contributed by atoms with E-state index in [9.17, 15) is 18.5 Å². The molecule has 0 aliphatic heterocycles. The number of anilines is 1. The van der Waals surface area contributed by atoms with Crippen LogP contribution in [0.1, 0.15) is 5.69 Å². The number of aromatic nitrogens is 1. The number of hydrogen-bond acceptors (Lipinski definition) is 7. The first-order valence-electron chi connectivity index (χ1n) is 5.77. The lowest BCUT2D eigenvalue weighted by molar-refractivity contribution is -0.387. The molecule has 0 amide bonds. The molecule has 2 aromatic rings. The van der Waals surface area contributed by atoms with E-state index in [0.717, 1.165) is 0 Å². The Morgan fingerprint density at radius 1 is 1.43 bits per heavy atom. The van der Waals surface area contributed by atoms with Gasteiger partial charge in [0.1, 0.15) is 0 Å². The number of nitro groups is 1.